The molecule has 1 aromatic carbocycles. The third kappa shape index (κ3) is 2.79. The van der Waals surface area contributed by atoms with Crippen molar-refractivity contribution < 1.29 is 9.53 Å². The summed E-state index contributed by atoms with van der Waals surface area (Å²) in [6.45, 7) is 7.48. The van der Waals surface area contributed by atoms with Crippen LogP contribution in [0.15, 0.2) is 24.3 Å². The normalized spacial score (nSPS) is 31.6. The number of amides is 1. The van der Waals surface area contributed by atoms with E-state index in [1.165, 1.54) is 11.1 Å². The maximum atomic E-state index is 13.0. The second kappa shape index (κ2) is 5.91. The van der Waals surface area contributed by atoms with Crippen LogP contribution in [0.3, 0.4) is 0 Å². The highest BCUT2D eigenvalue weighted by Gasteiger charge is 2.51. The Balaban J connectivity index is 1.43. The Morgan fingerprint density at radius 1 is 1.30 bits per heavy atom. The smallest absolute Gasteiger partial charge is 0.230 e. The van der Waals surface area contributed by atoms with Crippen LogP contribution in [-0.4, -0.2) is 54.6 Å². The highest BCUT2D eigenvalue weighted by atomic mass is 16.5. The summed E-state index contributed by atoms with van der Waals surface area (Å²) in [7, 11) is 0. The minimum atomic E-state index is -0.119. The van der Waals surface area contributed by atoms with Crippen LogP contribution in [0.25, 0.3) is 0 Å². The zero-order valence-electron chi connectivity index (χ0n) is 14.0. The Labute approximate surface area is 138 Å². The van der Waals surface area contributed by atoms with Crippen LogP contribution in [-0.2, 0) is 16.1 Å². The fourth-order valence-corrected chi connectivity index (χ4v) is 4.48. The fraction of sp³-hybridized carbons (Fsp3) is 0.632. The van der Waals surface area contributed by atoms with Gasteiger partial charge in [0.05, 0.1) is 12.0 Å². The zero-order valence-corrected chi connectivity index (χ0v) is 14.0. The molecule has 0 saturated carbocycles. The molecule has 1 amide bonds. The van der Waals surface area contributed by atoms with Gasteiger partial charge in [0.15, 0.2) is 0 Å². The van der Waals surface area contributed by atoms with Crippen LogP contribution in [0.4, 0.5) is 0 Å². The average molecular weight is 314 g/mol. The largest absolute Gasteiger partial charge is 0.380 e. The molecule has 3 heterocycles. The van der Waals surface area contributed by atoms with Crippen molar-refractivity contribution >= 4 is 5.91 Å². The Morgan fingerprint density at radius 2 is 2.17 bits per heavy atom. The third-order valence-electron chi connectivity index (χ3n) is 5.86. The van der Waals surface area contributed by atoms with Gasteiger partial charge in [-0.05, 0) is 38.3 Å². The highest BCUT2D eigenvalue weighted by molar-refractivity contribution is 5.85. The SMILES string of the molecule is Cc1cccc(CN2CC[C@@]3(CCN([C@H]4CCOC4)C3)C2=O)c1. The maximum Gasteiger partial charge on any atom is 0.230 e. The monoisotopic (exact) mass is 314 g/mol. The first-order valence-corrected chi connectivity index (χ1v) is 8.83. The van der Waals surface area contributed by atoms with E-state index in [4.69, 9.17) is 4.74 Å². The van der Waals surface area contributed by atoms with E-state index in [9.17, 15) is 4.79 Å². The van der Waals surface area contributed by atoms with E-state index in [-0.39, 0.29) is 5.41 Å². The van der Waals surface area contributed by atoms with E-state index in [0.29, 0.717) is 11.9 Å². The van der Waals surface area contributed by atoms with Crippen molar-refractivity contribution in [3.63, 3.8) is 0 Å². The van der Waals surface area contributed by atoms with Crippen LogP contribution in [0.1, 0.15) is 30.4 Å². The number of benzene rings is 1. The van der Waals surface area contributed by atoms with E-state index in [1.54, 1.807) is 0 Å². The molecule has 3 fully saturated rings. The van der Waals surface area contributed by atoms with Crippen molar-refractivity contribution in [2.24, 2.45) is 5.41 Å². The van der Waals surface area contributed by atoms with Crippen molar-refractivity contribution in [1.82, 2.24) is 9.80 Å². The third-order valence-corrected chi connectivity index (χ3v) is 5.86. The van der Waals surface area contributed by atoms with Crippen LogP contribution in [0.5, 0.6) is 0 Å². The molecule has 3 saturated heterocycles. The molecule has 23 heavy (non-hydrogen) atoms. The molecule has 124 valence electrons. The first-order chi connectivity index (χ1) is 11.2. The Morgan fingerprint density at radius 3 is 2.96 bits per heavy atom. The molecule has 4 nitrogen and oxygen atoms in total. The molecular weight excluding hydrogens is 288 g/mol. The predicted molar refractivity (Wildman–Crippen MR) is 89.1 cm³/mol. The van der Waals surface area contributed by atoms with E-state index < -0.39 is 0 Å². The molecule has 0 bridgehead atoms. The number of rotatable bonds is 3. The van der Waals surface area contributed by atoms with Gasteiger partial charge in [-0.25, -0.2) is 0 Å². The standard InChI is InChI=1S/C19H26N2O2/c1-15-3-2-4-16(11-15)12-20-8-6-19(18(20)22)7-9-21(14-19)17-5-10-23-13-17/h2-4,11,17H,5-10,12-14H2,1H3/t17-,19-/m0/s1. The maximum absolute atomic E-state index is 13.0. The number of aryl methyl sites for hydroxylation is 1. The second-order valence-corrected chi connectivity index (χ2v) is 7.48. The lowest BCUT2D eigenvalue weighted by atomic mass is 9.85. The summed E-state index contributed by atoms with van der Waals surface area (Å²) in [4.78, 5) is 17.6. The first kappa shape index (κ1) is 15.2. The summed E-state index contributed by atoms with van der Waals surface area (Å²) in [5.41, 5.74) is 2.39. The number of carbonyl (C=O) groups is 1. The van der Waals surface area contributed by atoms with E-state index in [2.05, 4.69) is 41.0 Å². The van der Waals surface area contributed by atoms with Gasteiger partial charge in [-0.2, -0.15) is 0 Å². The summed E-state index contributed by atoms with van der Waals surface area (Å²) in [5.74, 6) is 0.375. The van der Waals surface area contributed by atoms with E-state index >= 15 is 0 Å². The van der Waals surface area contributed by atoms with Crippen molar-refractivity contribution in [2.75, 3.05) is 32.8 Å². The quantitative estimate of drug-likeness (QED) is 0.857. The Kier molecular flexibility index (Phi) is 3.90. The van der Waals surface area contributed by atoms with Gasteiger partial charge in [-0.1, -0.05) is 29.8 Å². The zero-order chi connectivity index (χ0) is 15.9. The number of ether oxygens (including phenoxy) is 1. The molecule has 0 radical (unpaired) electrons. The minimum Gasteiger partial charge on any atom is -0.380 e. The molecule has 0 unspecified atom stereocenters. The minimum absolute atomic E-state index is 0.119. The van der Waals surface area contributed by atoms with Crippen LogP contribution >= 0.6 is 0 Å². The lowest BCUT2D eigenvalue weighted by molar-refractivity contribution is -0.136. The number of hydrogen-bond donors (Lipinski definition) is 0. The summed E-state index contributed by atoms with van der Waals surface area (Å²) in [6, 6.07) is 9.04. The Bertz CT molecular complexity index is 597. The topological polar surface area (TPSA) is 32.8 Å². The summed E-state index contributed by atoms with van der Waals surface area (Å²) < 4.78 is 5.52. The molecule has 3 aliphatic heterocycles. The molecule has 1 aromatic rings. The fourth-order valence-electron chi connectivity index (χ4n) is 4.48. The molecule has 0 aromatic heterocycles. The van der Waals surface area contributed by atoms with Gasteiger partial charge in [0, 0.05) is 32.3 Å². The van der Waals surface area contributed by atoms with Crippen molar-refractivity contribution in [3.05, 3.63) is 35.4 Å². The van der Waals surface area contributed by atoms with Crippen LogP contribution < -0.4 is 0 Å². The van der Waals surface area contributed by atoms with Gasteiger partial charge < -0.3 is 9.64 Å². The molecule has 4 rings (SSSR count). The predicted octanol–water partition coefficient (Wildman–Crippen LogP) is 2.21. The molecule has 0 N–H and O–H groups in total. The van der Waals surface area contributed by atoms with Crippen LogP contribution in [0, 0.1) is 12.3 Å². The molecule has 1 spiro atoms. The molecular formula is C19H26N2O2. The average Bonchev–Trinajstić information content (AvgIpc) is 3.25. The summed E-state index contributed by atoms with van der Waals surface area (Å²) in [5, 5.41) is 0. The van der Waals surface area contributed by atoms with Gasteiger partial charge in [0.1, 0.15) is 0 Å². The number of hydrogen-bond acceptors (Lipinski definition) is 3. The van der Waals surface area contributed by atoms with Gasteiger partial charge in [-0.3, -0.25) is 9.69 Å². The lowest BCUT2D eigenvalue weighted by Gasteiger charge is -2.26. The molecule has 3 aliphatic rings. The van der Waals surface area contributed by atoms with E-state index in [0.717, 1.165) is 58.7 Å². The van der Waals surface area contributed by atoms with Gasteiger partial charge in [-0.15, -0.1) is 0 Å². The Hall–Kier alpha value is -1.39. The number of carbonyl (C=O) groups excluding carboxylic acids is 1. The van der Waals surface area contributed by atoms with Gasteiger partial charge >= 0.3 is 0 Å². The highest BCUT2D eigenvalue weighted by Crippen LogP contribution is 2.42. The summed E-state index contributed by atoms with van der Waals surface area (Å²) in [6.07, 6.45) is 3.16. The molecule has 4 heteroatoms. The van der Waals surface area contributed by atoms with E-state index in [1.807, 2.05) is 0 Å². The van der Waals surface area contributed by atoms with Crippen LogP contribution in [0.2, 0.25) is 0 Å². The van der Waals surface area contributed by atoms with Crippen molar-refractivity contribution in [1.29, 1.82) is 0 Å². The van der Waals surface area contributed by atoms with Gasteiger partial charge in [0.25, 0.3) is 0 Å². The number of nitrogens with zero attached hydrogens (tertiary/aromatic N) is 2. The van der Waals surface area contributed by atoms with Crippen molar-refractivity contribution in [3.8, 4) is 0 Å². The summed E-state index contributed by atoms with van der Waals surface area (Å²) >= 11 is 0. The van der Waals surface area contributed by atoms with Gasteiger partial charge in [0.2, 0.25) is 5.91 Å². The first-order valence-electron chi connectivity index (χ1n) is 8.83. The lowest BCUT2D eigenvalue weighted by Crippen LogP contribution is -2.39. The molecule has 0 aliphatic carbocycles. The second-order valence-electron chi connectivity index (χ2n) is 7.48. The molecule has 2 atom stereocenters. The number of likely N-dealkylation sites (tertiary alicyclic amines) is 2. The van der Waals surface area contributed by atoms with Crippen molar-refractivity contribution in [2.45, 2.75) is 38.8 Å².